The van der Waals surface area contributed by atoms with Gasteiger partial charge in [-0.1, -0.05) is 35.9 Å². The van der Waals surface area contributed by atoms with Gasteiger partial charge in [0.15, 0.2) is 6.61 Å². The van der Waals surface area contributed by atoms with Crippen LogP contribution < -0.4 is 10.1 Å². The molecule has 0 aliphatic rings. The number of aliphatic hydroxyl groups is 1. The van der Waals surface area contributed by atoms with E-state index >= 15 is 0 Å². The quantitative estimate of drug-likeness (QED) is 0.328. The molecule has 0 aliphatic carbocycles. The zero-order valence-corrected chi connectivity index (χ0v) is 21.1. The predicted molar refractivity (Wildman–Crippen MR) is 134 cm³/mol. The molecule has 0 fully saturated rings. The normalized spacial score (nSPS) is 12.3. The summed E-state index contributed by atoms with van der Waals surface area (Å²) in [6.45, 7) is 3.85. The van der Waals surface area contributed by atoms with E-state index in [1.165, 1.54) is 12.1 Å². The van der Waals surface area contributed by atoms with E-state index in [4.69, 9.17) is 21.4 Å². The molecule has 0 saturated carbocycles. The van der Waals surface area contributed by atoms with Crippen molar-refractivity contribution in [1.82, 2.24) is 5.32 Å². The highest BCUT2D eigenvalue weighted by atomic mass is 35.5. The van der Waals surface area contributed by atoms with E-state index in [1.807, 2.05) is 6.07 Å². The number of carboxylic acid groups (broad SMARTS) is 1. The van der Waals surface area contributed by atoms with Gasteiger partial charge in [0.2, 0.25) is 9.84 Å². The van der Waals surface area contributed by atoms with Crippen LogP contribution in [0, 0.1) is 13.8 Å². The van der Waals surface area contributed by atoms with Gasteiger partial charge in [-0.05, 0) is 85.5 Å². The first-order chi connectivity index (χ1) is 16.6. The van der Waals surface area contributed by atoms with Gasteiger partial charge < -0.3 is 20.3 Å². The molecule has 3 aromatic rings. The number of hydrogen-bond donors (Lipinski definition) is 3. The van der Waals surface area contributed by atoms with Crippen molar-refractivity contribution in [2.24, 2.45) is 0 Å². The minimum atomic E-state index is -3.75. The standard InChI is InChI=1S/C26H28ClNO6S/c1-17-12-23(13-18(2)26(17)34-16-25(30)31)35(32,33)22-8-6-19(7-9-22)10-11-28-15-24(29)20-4-3-5-21(27)14-20/h3-9,12-14,24,28-29H,10-11,15-16H2,1-2H3,(H,30,31)/t24-/m0/s1. The van der Waals surface area contributed by atoms with Crippen LogP contribution in [0.25, 0.3) is 0 Å². The van der Waals surface area contributed by atoms with Crippen LogP contribution in [0.4, 0.5) is 0 Å². The van der Waals surface area contributed by atoms with Crippen LogP contribution >= 0.6 is 11.6 Å². The summed E-state index contributed by atoms with van der Waals surface area (Å²) in [6.07, 6.45) is -0.00906. The van der Waals surface area contributed by atoms with E-state index in [-0.39, 0.29) is 9.79 Å². The fourth-order valence-corrected chi connectivity index (χ4v) is 5.33. The second-order valence-corrected chi connectivity index (χ2v) is 10.6. The number of aliphatic hydroxyl groups excluding tert-OH is 1. The van der Waals surface area contributed by atoms with Crippen LogP contribution in [0.3, 0.4) is 0 Å². The Morgan fingerprint density at radius 3 is 2.29 bits per heavy atom. The van der Waals surface area contributed by atoms with Gasteiger partial charge in [-0.3, -0.25) is 0 Å². The number of nitrogens with one attached hydrogen (secondary N) is 1. The third-order valence-corrected chi connectivity index (χ3v) is 7.46. The molecule has 0 amide bonds. The summed E-state index contributed by atoms with van der Waals surface area (Å²) >= 11 is 5.96. The van der Waals surface area contributed by atoms with Crippen LogP contribution in [0.15, 0.2) is 70.5 Å². The van der Waals surface area contributed by atoms with Gasteiger partial charge >= 0.3 is 5.97 Å². The lowest BCUT2D eigenvalue weighted by molar-refractivity contribution is -0.139. The summed E-state index contributed by atoms with van der Waals surface area (Å²) < 4.78 is 31.6. The van der Waals surface area contributed by atoms with Crippen LogP contribution in [-0.4, -0.2) is 44.3 Å². The number of ether oxygens (including phenoxy) is 1. The van der Waals surface area contributed by atoms with Crippen molar-refractivity contribution in [3.05, 3.63) is 87.9 Å². The van der Waals surface area contributed by atoms with Crippen molar-refractivity contribution in [2.45, 2.75) is 36.2 Å². The van der Waals surface area contributed by atoms with Crippen molar-refractivity contribution in [3.63, 3.8) is 0 Å². The molecule has 0 unspecified atom stereocenters. The summed E-state index contributed by atoms with van der Waals surface area (Å²) in [6, 6.07) is 16.8. The average Bonchev–Trinajstić information content (AvgIpc) is 2.81. The first-order valence-electron chi connectivity index (χ1n) is 11.0. The minimum Gasteiger partial charge on any atom is -0.481 e. The number of aliphatic carboxylic acids is 1. The number of carbonyl (C=O) groups is 1. The number of halogens is 1. The summed E-state index contributed by atoms with van der Waals surface area (Å²) in [7, 11) is -3.75. The number of benzene rings is 3. The molecule has 0 radical (unpaired) electrons. The van der Waals surface area contributed by atoms with Gasteiger partial charge in [0, 0.05) is 11.6 Å². The molecule has 35 heavy (non-hydrogen) atoms. The van der Waals surface area contributed by atoms with Crippen LogP contribution in [0.2, 0.25) is 5.02 Å². The molecule has 3 aromatic carbocycles. The lowest BCUT2D eigenvalue weighted by Crippen LogP contribution is -2.23. The van der Waals surface area contributed by atoms with E-state index in [2.05, 4.69) is 5.32 Å². The lowest BCUT2D eigenvalue weighted by Gasteiger charge is -2.14. The molecular weight excluding hydrogens is 490 g/mol. The monoisotopic (exact) mass is 517 g/mol. The summed E-state index contributed by atoms with van der Waals surface area (Å²) in [5.74, 6) is -0.734. The molecule has 7 nitrogen and oxygen atoms in total. The van der Waals surface area contributed by atoms with E-state index < -0.39 is 28.5 Å². The van der Waals surface area contributed by atoms with Crippen molar-refractivity contribution < 1.29 is 28.2 Å². The van der Waals surface area contributed by atoms with Crippen molar-refractivity contribution in [2.75, 3.05) is 19.7 Å². The van der Waals surface area contributed by atoms with Gasteiger partial charge in [0.25, 0.3) is 0 Å². The number of aryl methyl sites for hydroxylation is 2. The van der Waals surface area contributed by atoms with Crippen LogP contribution in [0.1, 0.15) is 28.4 Å². The van der Waals surface area contributed by atoms with Gasteiger partial charge in [0.05, 0.1) is 15.9 Å². The molecule has 3 N–H and O–H groups in total. The van der Waals surface area contributed by atoms with E-state index in [0.717, 1.165) is 11.1 Å². The maximum Gasteiger partial charge on any atom is 0.341 e. The Balaban J connectivity index is 1.61. The first kappa shape index (κ1) is 26.7. The third kappa shape index (κ3) is 7.05. The summed E-state index contributed by atoms with van der Waals surface area (Å²) in [4.78, 5) is 11.1. The third-order valence-electron chi connectivity index (χ3n) is 5.48. The molecule has 0 saturated heterocycles. The summed E-state index contributed by atoms with van der Waals surface area (Å²) in [5, 5.41) is 22.9. The fourth-order valence-electron chi connectivity index (χ4n) is 3.70. The van der Waals surface area contributed by atoms with Gasteiger partial charge in [-0.15, -0.1) is 0 Å². The molecule has 0 spiro atoms. The van der Waals surface area contributed by atoms with E-state index in [0.29, 0.717) is 41.4 Å². The molecule has 0 aliphatic heterocycles. The van der Waals surface area contributed by atoms with Crippen LogP contribution in [-0.2, 0) is 21.1 Å². The molecule has 9 heteroatoms. The summed E-state index contributed by atoms with van der Waals surface area (Å²) in [5.41, 5.74) is 2.80. The maximum absolute atomic E-state index is 13.1. The Kier molecular flexibility index (Phi) is 8.91. The Morgan fingerprint density at radius 2 is 1.69 bits per heavy atom. The van der Waals surface area contributed by atoms with E-state index in [9.17, 15) is 18.3 Å². The molecule has 0 heterocycles. The molecule has 0 bridgehead atoms. The fraction of sp³-hybridized carbons (Fsp3) is 0.269. The topological polar surface area (TPSA) is 113 Å². The predicted octanol–water partition coefficient (Wildman–Crippen LogP) is 4.12. The second-order valence-electron chi connectivity index (χ2n) is 8.24. The van der Waals surface area contributed by atoms with Crippen molar-refractivity contribution in [3.8, 4) is 5.75 Å². The number of rotatable bonds is 11. The van der Waals surface area contributed by atoms with Gasteiger partial charge in [0.1, 0.15) is 5.75 Å². The highest BCUT2D eigenvalue weighted by Gasteiger charge is 2.20. The van der Waals surface area contributed by atoms with Crippen molar-refractivity contribution in [1.29, 1.82) is 0 Å². The minimum absolute atomic E-state index is 0.125. The smallest absolute Gasteiger partial charge is 0.341 e. The zero-order chi connectivity index (χ0) is 25.6. The lowest BCUT2D eigenvalue weighted by atomic mass is 10.1. The highest BCUT2D eigenvalue weighted by Crippen LogP contribution is 2.30. The Labute approximate surface area is 210 Å². The number of carboxylic acids is 1. The highest BCUT2D eigenvalue weighted by molar-refractivity contribution is 7.91. The largest absolute Gasteiger partial charge is 0.481 e. The first-order valence-corrected chi connectivity index (χ1v) is 12.9. The number of sulfone groups is 1. The molecule has 3 rings (SSSR count). The molecule has 186 valence electrons. The zero-order valence-electron chi connectivity index (χ0n) is 19.5. The Hall–Kier alpha value is -2.91. The maximum atomic E-state index is 13.1. The van der Waals surface area contributed by atoms with Gasteiger partial charge in [-0.2, -0.15) is 0 Å². The number of hydrogen-bond acceptors (Lipinski definition) is 6. The SMILES string of the molecule is Cc1cc(S(=O)(=O)c2ccc(CCNC[C@H](O)c3cccc(Cl)c3)cc2)cc(C)c1OCC(=O)O. The van der Waals surface area contributed by atoms with Crippen LogP contribution in [0.5, 0.6) is 5.75 Å². The molecule has 0 aromatic heterocycles. The Morgan fingerprint density at radius 1 is 1.03 bits per heavy atom. The Bertz CT molecular complexity index is 1270. The molecule has 1 atom stereocenters. The van der Waals surface area contributed by atoms with Gasteiger partial charge in [-0.25, -0.2) is 13.2 Å². The van der Waals surface area contributed by atoms with E-state index in [1.54, 1.807) is 56.3 Å². The molecular formula is C26H28ClNO6S. The second kappa shape index (κ2) is 11.7. The average molecular weight is 518 g/mol. The van der Waals surface area contributed by atoms with Crippen molar-refractivity contribution >= 4 is 27.4 Å².